The van der Waals surface area contributed by atoms with Gasteiger partial charge >= 0.3 is 0 Å². The van der Waals surface area contributed by atoms with Crippen LogP contribution in [0.2, 0.25) is 0 Å². The van der Waals surface area contributed by atoms with Gasteiger partial charge in [-0.15, -0.1) is 0 Å². The number of pyridine rings is 1. The molecular formula is C12H11N3OS. The van der Waals surface area contributed by atoms with E-state index in [0.29, 0.717) is 16.9 Å². The third-order valence-electron chi connectivity index (χ3n) is 2.84. The molecule has 1 saturated heterocycles. The van der Waals surface area contributed by atoms with E-state index < -0.39 is 0 Å². The summed E-state index contributed by atoms with van der Waals surface area (Å²) in [6.07, 6.45) is 7.30. The Morgan fingerprint density at radius 2 is 2.12 bits per heavy atom. The van der Waals surface area contributed by atoms with Crippen molar-refractivity contribution in [1.82, 2.24) is 15.2 Å². The van der Waals surface area contributed by atoms with Crippen LogP contribution in [0.5, 0.6) is 0 Å². The first-order valence-corrected chi connectivity index (χ1v) is 5.93. The Kier molecular flexibility index (Phi) is 2.40. The van der Waals surface area contributed by atoms with Crippen LogP contribution in [0.25, 0.3) is 6.08 Å². The van der Waals surface area contributed by atoms with Gasteiger partial charge in [-0.1, -0.05) is 0 Å². The second-order valence-corrected chi connectivity index (χ2v) is 4.56. The van der Waals surface area contributed by atoms with Crippen molar-refractivity contribution < 1.29 is 4.79 Å². The minimum Gasteiger partial charge on any atom is -0.328 e. The fourth-order valence-electron chi connectivity index (χ4n) is 1.84. The Labute approximate surface area is 104 Å². The number of hydrogen-bond donors (Lipinski definition) is 1. The Morgan fingerprint density at radius 3 is 2.76 bits per heavy atom. The van der Waals surface area contributed by atoms with Gasteiger partial charge in [0.25, 0.3) is 5.91 Å². The van der Waals surface area contributed by atoms with Crippen molar-refractivity contribution in [3.63, 3.8) is 0 Å². The molecule has 0 aromatic carbocycles. The van der Waals surface area contributed by atoms with E-state index in [9.17, 15) is 4.79 Å². The first-order valence-electron chi connectivity index (χ1n) is 5.52. The van der Waals surface area contributed by atoms with Crippen LogP contribution in [-0.2, 0) is 4.79 Å². The van der Waals surface area contributed by atoms with Crippen molar-refractivity contribution in [2.24, 2.45) is 0 Å². The molecule has 4 nitrogen and oxygen atoms in total. The van der Waals surface area contributed by atoms with Gasteiger partial charge in [-0.3, -0.25) is 14.7 Å². The molecule has 2 heterocycles. The highest BCUT2D eigenvalue weighted by atomic mass is 32.1. The van der Waals surface area contributed by atoms with Crippen LogP contribution in [0.4, 0.5) is 0 Å². The van der Waals surface area contributed by atoms with E-state index in [4.69, 9.17) is 12.2 Å². The van der Waals surface area contributed by atoms with E-state index in [-0.39, 0.29) is 5.91 Å². The molecule has 0 spiro atoms. The average molecular weight is 245 g/mol. The third kappa shape index (κ3) is 1.93. The quantitative estimate of drug-likeness (QED) is 0.630. The standard InChI is InChI=1S/C12H11N3OS/c16-11-10(7-8-3-5-13-6-4-8)14-12(17)15(11)9-1-2-9/h3-7,9H,1-2H2,(H,14,17)/b10-7+. The average Bonchev–Trinajstić information content (AvgIpc) is 3.10. The second-order valence-electron chi connectivity index (χ2n) is 4.18. The number of nitrogens with zero attached hydrogens (tertiary/aromatic N) is 2. The smallest absolute Gasteiger partial charge is 0.276 e. The van der Waals surface area contributed by atoms with Crippen LogP contribution in [-0.4, -0.2) is 26.9 Å². The molecule has 1 N–H and O–H groups in total. The summed E-state index contributed by atoms with van der Waals surface area (Å²) in [5.74, 6) is -0.0192. The van der Waals surface area contributed by atoms with Crippen molar-refractivity contribution in [2.75, 3.05) is 0 Å². The number of rotatable bonds is 2. The summed E-state index contributed by atoms with van der Waals surface area (Å²) in [4.78, 5) is 17.7. The predicted octanol–water partition coefficient (Wildman–Crippen LogP) is 1.30. The summed E-state index contributed by atoms with van der Waals surface area (Å²) in [5, 5.41) is 3.50. The van der Waals surface area contributed by atoms with Gasteiger partial charge in [0.05, 0.1) is 0 Å². The number of nitrogens with one attached hydrogen (secondary N) is 1. The van der Waals surface area contributed by atoms with Gasteiger partial charge in [-0.2, -0.15) is 0 Å². The van der Waals surface area contributed by atoms with Crippen LogP contribution in [0.1, 0.15) is 18.4 Å². The fourth-order valence-corrected chi connectivity index (χ4v) is 2.18. The molecule has 1 aromatic heterocycles. The van der Waals surface area contributed by atoms with Crippen LogP contribution < -0.4 is 5.32 Å². The molecule has 0 bridgehead atoms. The Morgan fingerprint density at radius 1 is 1.41 bits per heavy atom. The number of carbonyl (C=O) groups excluding carboxylic acids is 1. The monoisotopic (exact) mass is 245 g/mol. The zero-order valence-electron chi connectivity index (χ0n) is 9.09. The van der Waals surface area contributed by atoms with Crippen LogP contribution in [0, 0.1) is 0 Å². The van der Waals surface area contributed by atoms with Gasteiger partial charge in [0, 0.05) is 18.4 Å². The lowest BCUT2D eigenvalue weighted by Gasteiger charge is -2.11. The normalized spacial score (nSPS) is 22.1. The number of hydrogen-bond acceptors (Lipinski definition) is 3. The molecule has 1 saturated carbocycles. The number of aromatic nitrogens is 1. The molecule has 0 atom stereocenters. The Bertz CT molecular complexity index is 508. The van der Waals surface area contributed by atoms with Crippen molar-refractivity contribution in [1.29, 1.82) is 0 Å². The number of carbonyl (C=O) groups is 1. The van der Waals surface area contributed by atoms with Gasteiger partial charge in [-0.05, 0) is 48.8 Å². The summed E-state index contributed by atoms with van der Waals surface area (Å²) in [6.45, 7) is 0. The van der Waals surface area contributed by atoms with Crippen molar-refractivity contribution in [2.45, 2.75) is 18.9 Å². The molecule has 0 radical (unpaired) electrons. The lowest BCUT2D eigenvalue weighted by molar-refractivity contribution is -0.122. The molecule has 1 aliphatic heterocycles. The highest BCUT2D eigenvalue weighted by Gasteiger charge is 2.41. The van der Waals surface area contributed by atoms with E-state index in [2.05, 4.69) is 10.3 Å². The minimum absolute atomic E-state index is 0.0192. The summed E-state index contributed by atoms with van der Waals surface area (Å²) >= 11 is 5.17. The zero-order chi connectivity index (χ0) is 11.8. The second kappa shape index (κ2) is 3.92. The SMILES string of the molecule is O=C1/C(=C\c2ccncc2)NC(=S)N1C1CC1. The number of amides is 1. The van der Waals surface area contributed by atoms with Gasteiger partial charge < -0.3 is 5.32 Å². The highest BCUT2D eigenvalue weighted by Crippen LogP contribution is 2.30. The maximum absolute atomic E-state index is 12.1. The molecular weight excluding hydrogens is 234 g/mol. The van der Waals surface area contributed by atoms with E-state index in [1.807, 2.05) is 12.1 Å². The Balaban J connectivity index is 1.88. The first-order chi connectivity index (χ1) is 8.25. The summed E-state index contributed by atoms with van der Waals surface area (Å²) < 4.78 is 0. The third-order valence-corrected chi connectivity index (χ3v) is 3.14. The molecule has 1 aromatic rings. The van der Waals surface area contributed by atoms with Crippen LogP contribution in [0.15, 0.2) is 30.2 Å². The molecule has 3 rings (SSSR count). The molecule has 2 fully saturated rings. The van der Waals surface area contributed by atoms with Gasteiger partial charge in [0.2, 0.25) is 0 Å². The predicted molar refractivity (Wildman–Crippen MR) is 67.8 cm³/mol. The molecule has 5 heteroatoms. The van der Waals surface area contributed by atoms with E-state index >= 15 is 0 Å². The van der Waals surface area contributed by atoms with Gasteiger partial charge in [0.1, 0.15) is 5.70 Å². The maximum atomic E-state index is 12.1. The largest absolute Gasteiger partial charge is 0.328 e. The molecule has 17 heavy (non-hydrogen) atoms. The van der Waals surface area contributed by atoms with Gasteiger partial charge in [-0.25, -0.2) is 0 Å². The maximum Gasteiger partial charge on any atom is 0.276 e. The molecule has 0 unspecified atom stereocenters. The van der Waals surface area contributed by atoms with E-state index in [0.717, 1.165) is 18.4 Å². The zero-order valence-corrected chi connectivity index (χ0v) is 9.91. The lowest BCUT2D eigenvalue weighted by atomic mass is 10.2. The van der Waals surface area contributed by atoms with Crippen LogP contribution in [0.3, 0.4) is 0 Å². The van der Waals surface area contributed by atoms with Crippen molar-refractivity contribution in [3.8, 4) is 0 Å². The molecule has 2 aliphatic rings. The van der Waals surface area contributed by atoms with Gasteiger partial charge in [0.15, 0.2) is 5.11 Å². The van der Waals surface area contributed by atoms with Crippen LogP contribution >= 0.6 is 12.2 Å². The van der Waals surface area contributed by atoms with Crippen molar-refractivity contribution in [3.05, 3.63) is 35.8 Å². The molecule has 86 valence electrons. The summed E-state index contributed by atoms with van der Waals surface area (Å²) in [7, 11) is 0. The number of thiocarbonyl (C=S) groups is 1. The molecule has 1 amide bonds. The fraction of sp³-hybridized carbons (Fsp3) is 0.250. The van der Waals surface area contributed by atoms with E-state index in [1.54, 1.807) is 23.4 Å². The molecule has 1 aliphatic carbocycles. The highest BCUT2D eigenvalue weighted by molar-refractivity contribution is 7.80. The topological polar surface area (TPSA) is 45.2 Å². The summed E-state index contributed by atoms with van der Waals surface area (Å²) in [5.41, 5.74) is 1.49. The van der Waals surface area contributed by atoms with Crippen molar-refractivity contribution >= 4 is 29.3 Å². The van der Waals surface area contributed by atoms with E-state index in [1.165, 1.54) is 0 Å². The first kappa shape index (κ1) is 10.4. The Hall–Kier alpha value is -1.75. The minimum atomic E-state index is -0.0192. The lowest BCUT2D eigenvalue weighted by Crippen LogP contribution is -2.32. The summed E-state index contributed by atoms with van der Waals surface area (Å²) in [6, 6.07) is 4.01.